The number of aliphatic hydroxyl groups excluding tert-OH is 2. The summed E-state index contributed by atoms with van der Waals surface area (Å²) in [6, 6.07) is 3.89. The van der Waals surface area contributed by atoms with Gasteiger partial charge in [0, 0.05) is 13.1 Å². The Morgan fingerprint density at radius 1 is 0.658 bits per heavy atom. The molecule has 2 saturated heterocycles. The molecular weight excluding hydrogens is 931 g/mol. The summed E-state index contributed by atoms with van der Waals surface area (Å²) in [5.41, 5.74) is 18.5. The number of nitrogens with zero attached hydrogens (tertiary/aromatic N) is 3. The molecule has 3 heterocycles. The molecule has 6 unspecified atom stereocenters. The van der Waals surface area contributed by atoms with Crippen LogP contribution in [0.1, 0.15) is 143 Å². The summed E-state index contributed by atoms with van der Waals surface area (Å²) in [6.07, 6.45) is 14.8. The molecule has 0 radical (unpaired) electrons. The van der Waals surface area contributed by atoms with Crippen LogP contribution in [-0.4, -0.2) is 122 Å². The second-order valence-corrected chi connectivity index (χ2v) is 24.7. The number of primary amides is 2. The van der Waals surface area contributed by atoms with Crippen LogP contribution in [0.2, 0.25) is 0 Å². The van der Waals surface area contributed by atoms with Crippen LogP contribution in [0.5, 0.6) is 0 Å². The van der Waals surface area contributed by atoms with Crippen molar-refractivity contribution in [2.75, 3.05) is 18.4 Å². The minimum Gasteiger partial charge on any atom is -0.424 e. The van der Waals surface area contributed by atoms with Gasteiger partial charge >= 0.3 is 0 Å². The van der Waals surface area contributed by atoms with Crippen molar-refractivity contribution in [3.05, 3.63) is 24.3 Å². The fourth-order valence-corrected chi connectivity index (χ4v) is 14.2. The number of rotatable bonds is 18. The molecule has 0 bridgehead atoms. The first-order valence-corrected chi connectivity index (χ1v) is 27.8. The highest BCUT2D eigenvalue weighted by molar-refractivity contribution is 5.94. The lowest BCUT2D eigenvalue weighted by Crippen LogP contribution is -2.59. The number of likely N-dealkylation sites (tertiary alicyclic amines) is 2. The van der Waals surface area contributed by atoms with Crippen LogP contribution in [0.15, 0.2) is 28.7 Å². The lowest BCUT2D eigenvalue weighted by atomic mass is 9.79. The Morgan fingerprint density at radius 3 is 1.55 bits per heavy atom. The van der Waals surface area contributed by atoms with Gasteiger partial charge in [0.2, 0.25) is 35.4 Å². The Balaban J connectivity index is 0.000000186. The van der Waals surface area contributed by atoms with Crippen LogP contribution in [0, 0.1) is 58.2 Å². The highest BCUT2D eigenvalue weighted by atomic mass is 16.4. The molecule has 6 aliphatic carbocycles. The lowest BCUT2D eigenvalue weighted by molar-refractivity contribution is -0.143. The number of anilines is 1. The maximum absolute atomic E-state index is 14.4. The Morgan fingerprint density at radius 2 is 1.11 bits per heavy atom. The molecule has 1 aromatic carbocycles. The minimum atomic E-state index is -1.47. The number of piperidine rings is 2. The molecule has 18 heteroatoms. The first-order chi connectivity index (χ1) is 34.8. The number of carbonyl (C=O) groups is 6. The molecular formula is C55H83N9O9. The molecule has 1 aromatic heterocycles. The van der Waals surface area contributed by atoms with Crippen LogP contribution in [0.25, 0.3) is 11.1 Å². The quantitative estimate of drug-likeness (QED) is 0.105. The van der Waals surface area contributed by atoms with Gasteiger partial charge in [0.1, 0.15) is 23.6 Å². The predicted octanol–water partition coefficient (Wildman–Crippen LogP) is 4.09. The summed E-state index contributed by atoms with van der Waals surface area (Å²) in [5, 5.41) is 30.2. The van der Waals surface area contributed by atoms with E-state index in [-0.39, 0.29) is 70.0 Å². The van der Waals surface area contributed by atoms with E-state index in [2.05, 4.69) is 48.6 Å². The van der Waals surface area contributed by atoms with Gasteiger partial charge < -0.3 is 57.6 Å². The number of para-hydroxylation sites is 2. The van der Waals surface area contributed by atoms with Crippen molar-refractivity contribution >= 4 is 52.6 Å². The van der Waals surface area contributed by atoms with Crippen LogP contribution in [0.4, 0.5) is 6.01 Å². The van der Waals surface area contributed by atoms with Gasteiger partial charge in [-0.15, -0.1) is 0 Å². The average molecular weight is 1010 g/mol. The number of fused-ring (bicyclic) bond motifs is 3. The van der Waals surface area contributed by atoms with E-state index < -0.39 is 60.3 Å². The molecule has 0 spiro atoms. The van der Waals surface area contributed by atoms with Gasteiger partial charge in [-0.1, -0.05) is 117 Å². The van der Waals surface area contributed by atoms with Crippen LogP contribution >= 0.6 is 0 Å². The monoisotopic (exact) mass is 1010 g/mol. The zero-order valence-electron chi connectivity index (χ0n) is 43.5. The fraction of sp³-hybridized carbons (Fsp3) is 0.764. The third-order valence-electron chi connectivity index (χ3n) is 19.5. The van der Waals surface area contributed by atoms with Crippen LogP contribution in [-0.2, 0) is 28.8 Å². The zero-order chi connectivity index (χ0) is 52.1. The molecule has 402 valence electrons. The van der Waals surface area contributed by atoms with Gasteiger partial charge in [0.05, 0.1) is 18.1 Å². The standard InChI is InChI=1S/C31H43N5O5.C24H40N4O4/c1-31(2)19-16-36(25(23(19)31)28(39)33-21(26(37)27(32)38)15-17-9-8-10-17)29(40)24(18-11-4-3-5-12-18)35-30-34-20-13-6-7-14-22(20)41-30;1-24(2)15-12-28(23(32)18(25)14-9-4-3-5-10-14)19(17(15)24)22(31)27-16(20(29)21(26)30)11-13-7-6-8-13/h6-7,13-14,17-19,21,23-26,37H,3-5,8-12,15-16H2,1-2H3,(H2,32,38)(H,33,39)(H,34,35);13-20,29H,3-12,25H2,1-2H3,(H2,26,30)(H,27,31)/t19-,21?,23?,24-,25-,26?;15-,16?,17?,18-,19-,20?/m00/s1. The molecule has 6 saturated carbocycles. The molecule has 8 aliphatic rings. The number of nitrogens with two attached hydrogens (primary N) is 3. The second kappa shape index (κ2) is 21.4. The SMILES string of the molecule is CC1(C)C2[C@@H](C(=O)NC(CC3CCC3)C(O)C(N)=O)N(C(=O)[C@@H](N)C3CCCCC3)C[C@@H]21.CC1(C)C2[C@@H](C(=O)NC(CC3CCC3)C(O)C(N)=O)N(C(=O)[C@@H](Nc3nc4ccccc4o3)C3CCCCC3)C[C@@H]21. The van der Waals surface area contributed by atoms with Crippen molar-refractivity contribution < 1.29 is 43.4 Å². The lowest BCUT2D eigenvalue weighted by Gasteiger charge is -2.37. The Labute approximate surface area is 429 Å². The van der Waals surface area contributed by atoms with Gasteiger partial charge in [0.15, 0.2) is 17.8 Å². The normalized spacial score (nSPS) is 29.8. The summed E-state index contributed by atoms with van der Waals surface area (Å²) < 4.78 is 5.95. The summed E-state index contributed by atoms with van der Waals surface area (Å²) in [4.78, 5) is 86.9. The number of aliphatic hydroxyl groups is 2. The van der Waals surface area contributed by atoms with Crippen LogP contribution < -0.4 is 33.2 Å². The van der Waals surface area contributed by atoms with Gasteiger partial charge in [-0.3, -0.25) is 28.8 Å². The van der Waals surface area contributed by atoms with Crippen molar-refractivity contribution in [2.45, 2.75) is 192 Å². The predicted molar refractivity (Wildman–Crippen MR) is 273 cm³/mol. The maximum Gasteiger partial charge on any atom is 0.296 e. The largest absolute Gasteiger partial charge is 0.424 e. The Hall–Kier alpha value is -4.81. The minimum absolute atomic E-state index is 0.0119. The third kappa shape index (κ3) is 10.9. The highest BCUT2D eigenvalue weighted by Crippen LogP contribution is 2.66. The summed E-state index contributed by atoms with van der Waals surface area (Å²) in [5.74, 6) is -0.985. The Bertz CT molecular complexity index is 2320. The van der Waals surface area contributed by atoms with E-state index in [4.69, 9.17) is 21.6 Å². The summed E-state index contributed by atoms with van der Waals surface area (Å²) in [6.45, 7) is 9.60. The second-order valence-electron chi connectivity index (χ2n) is 24.7. The van der Waals surface area contributed by atoms with E-state index in [0.717, 1.165) is 102 Å². The molecule has 2 aliphatic heterocycles. The van der Waals surface area contributed by atoms with Crippen molar-refractivity contribution in [3.63, 3.8) is 0 Å². The van der Waals surface area contributed by atoms with Crippen molar-refractivity contribution in [1.29, 1.82) is 0 Å². The van der Waals surface area contributed by atoms with Gasteiger partial charge in [-0.05, 0) is 109 Å². The van der Waals surface area contributed by atoms with E-state index in [1.165, 1.54) is 6.42 Å². The van der Waals surface area contributed by atoms with Crippen molar-refractivity contribution in [2.24, 2.45) is 75.4 Å². The number of carbonyl (C=O) groups excluding carboxylic acids is 6. The first-order valence-electron chi connectivity index (χ1n) is 27.8. The molecule has 18 nitrogen and oxygen atoms in total. The zero-order valence-corrected chi connectivity index (χ0v) is 43.5. The topological polar surface area (TPSA) is 290 Å². The average Bonchev–Trinajstić information content (AvgIpc) is 3.75. The number of nitrogens with one attached hydrogen (secondary N) is 3. The molecule has 2 aromatic rings. The number of amides is 6. The van der Waals surface area contributed by atoms with Gasteiger partial charge in [0.25, 0.3) is 6.01 Å². The smallest absolute Gasteiger partial charge is 0.296 e. The van der Waals surface area contributed by atoms with E-state index in [1.54, 1.807) is 9.80 Å². The number of hydrogen-bond acceptors (Lipinski definition) is 12. The maximum atomic E-state index is 14.4. The van der Waals surface area contributed by atoms with E-state index in [1.807, 2.05) is 24.3 Å². The molecule has 6 amide bonds. The summed E-state index contributed by atoms with van der Waals surface area (Å²) in [7, 11) is 0. The fourth-order valence-electron chi connectivity index (χ4n) is 14.2. The Kier molecular flexibility index (Phi) is 15.6. The first kappa shape index (κ1) is 53.0. The third-order valence-corrected chi connectivity index (χ3v) is 19.5. The number of aromatic nitrogens is 1. The number of benzene rings is 1. The molecule has 8 fully saturated rings. The van der Waals surface area contributed by atoms with E-state index >= 15 is 0 Å². The molecule has 10 rings (SSSR count). The number of hydrogen-bond donors (Lipinski definition) is 8. The van der Waals surface area contributed by atoms with Gasteiger partial charge in [-0.25, -0.2) is 0 Å². The molecule has 73 heavy (non-hydrogen) atoms. The van der Waals surface area contributed by atoms with E-state index in [9.17, 15) is 39.0 Å². The number of oxazole rings is 1. The van der Waals surface area contributed by atoms with Crippen molar-refractivity contribution in [3.8, 4) is 0 Å². The molecule has 12 atom stereocenters. The van der Waals surface area contributed by atoms with Crippen LogP contribution in [0.3, 0.4) is 0 Å². The molecule has 11 N–H and O–H groups in total. The van der Waals surface area contributed by atoms with Gasteiger partial charge in [-0.2, -0.15) is 4.98 Å². The highest BCUT2D eigenvalue weighted by Gasteiger charge is 2.71. The van der Waals surface area contributed by atoms with E-state index in [0.29, 0.717) is 49.4 Å². The summed E-state index contributed by atoms with van der Waals surface area (Å²) >= 11 is 0. The van der Waals surface area contributed by atoms with Crippen molar-refractivity contribution in [1.82, 2.24) is 25.4 Å².